The highest BCUT2D eigenvalue weighted by atomic mass is 19.4. The van der Waals surface area contributed by atoms with E-state index in [0.29, 0.717) is 6.61 Å². The molecule has 2 nitrogen and oxygen atoms in total. The fraction of sp³-hybridized carbons (Fsp3) is 0.455. The molecule has 0 unspecified atom stereocenters. The number of hydrogen-bond acceptors (Lipinski definition) is 2. The summed E-state index contributed by atoms with van der Waals surface area (Å²) < 4.78 is 43.3. The molecule has 0 spiro atoms. The molecule has 0 saturated carbocycles. The highest BCUT2D eigenvalue weighted by molar-refractivity contribution is 5.31. The van der Waals surface area contributed by atoms with Crippen LogP contribution in [0.3, 0.4) is 0 Å². The Morgan fingerprint density at radius 2 is 1.94 bits per heavy atom. The van der Waals surface area contributed by atoms with Gasteiger partial charge in [0.1, 0.15) is 0 Å². The molecule has 0 bridgehead atoms. The van der Waals surface area contributed by atoms with E-state index < -0.39 is 17.8 Å². The maximum absolute atomic E-state index is 12.7. The molecule has 1 aromatic carbocycles. The summed E-state index contributed by atoms with van der Waals surface area (Å²) in [6.07, 6.45) is -5.08. The molecule has 0 aliphatic rings. The van der Waals surface area contributed by atoms with E-state index in [0.717, 1.165) is 6.07 Å². The van der Waals surface area contributed by atoms with Crippen molar-refractivity contribution in [2.45, 2.75) is 19.2 Å². The molecule has 0 saturated heterocycles. The van der Waals surface area contributed by atoms with Crippen LogP contribution >= 0.6 is 0 Å². The number of ether oxygens (including phenoxy) is 1. The van der Waals surface area contributed by atoms with E-state index in [1.54, 1.807) is 13.0 Å². The molecule has 2 N–H and O–H groups in total. The second kappa shape index (κ2) is 5.32. The summed E-state index contributed by atoms with van der Waals surface area (Å²) in [6, 6.07) is 5.34. The van der Waals surface area contributed by atoms with E-state index in [1.807, 2.05) is 0 Å². The minimum atomic E-state index is -4.37. The Kier molecular flexibility index (Phi) is 4.32. The van der Waals surface area contributed by atoms with Crippen LogP contribution in [0.15, 0.2) is 24.3 Å². The predicted molar refractivity (Wildman–Crippen MR) is 54.9 cm³/mol. The molecule has 0 fully saturated rings. The molecular weight excluding hydrogens is 219 g/mol. The van der Waals surface area contributed by atoms with Crippen LogP contribution in [0.2, 0.25) is 0 Å². The fourth-order valence-electron chi connectivity index (χ4n) is 1.52. The molecule has 16 heavy (non-hydrogen) atoms. The lowest BCUT2D eigenvalue weighted by molar-refractivity contribution is -0.139. The van der Waals surface area contributed by atoms with E-state index >= 15 is 0 Å². The molecule has 0 radical (unpaired) electrons. The van der Waals surface area contributed by atoms with Crippen molar-refractivity contribution in [1.29, 1.82) is 0 Å². The highest BCUT2D eigenvalue weighted by Crippen LogP contribution is 2.35. The third-order valence-electron chi connectivity index (χ3n) is 2.19. The minimum absolute atomic E-state index is 0.0287. The second-order valence-electron chi connectivity index (χ2n) is 3.26. The Morgan fingerprint density at radius 3 is 2.44 bits per heavy atom. The Bertz CT molecular complexity index is 338. The van der Waals surface area contributed by atoms with Gasteiger partial charge in [0.15, 0.2) is 0 Å². The maximum atomic E-state index is 12.7. The Balaban J connectivity index is 3.11. The fourth-order valence-corrected chi connectivity index (χ4v) is 1.52. The molecule has 1 aromatic rings. The molecule has 5 heteroatoms. The third kappa shape index (κ3) is 2.96. The molecular formula is C11H14F3NO. The maximum Gasteiger partial charge on any atom is 0.416 e. The lowest BCUT2D eigenvalue weighted by Gasteiger charge is -2.20. The normalized spacial score (nSPS) is 13.8. The van der Waals surface area contributed by atoms with Crippen LogP contribution in [-0.2, 0) is 10.9 Å². The number of benzene rings is 1. The predicted octanol–water partition coefficient (Wildman–Crippen LogP) is 2.74. The number of halogens is 3. The molecule has 0 aromatic heterocycles. The molecule has 0 amide bonds. The monoisotopic (exact) mass is 233 g/mol. The van der Waals surface area contributed by atoms with Crippen molar-refractivity contribution in [2.24, 2.45) is 5.73 Å². The standard InChI is InChI=1S/C11H14F3NO/c1-2-16-10(7-15)8-5-3-4-6-9(8)11(12,13)14/h3-6,10H,2,7,15H2,1H3/t10-/m0/s1. The Hall–Kier alpha value is -1.07. The molecule has 1 rings (SSSR count). The molecule has 0 aliphatic carbocycles. The third-order valence-corrected chi connectivity index (χ3v) is 2.19. The Morgan fingerprint density at radius 1 is 1.31 bits per heavy atom. The van der Waals surface area contributed by atoms with Crippen LogP contribution in [0.1, 0.15) is 24.2 Å². The van der Waals surface area contributed by atoms with Gasteiger partial charge in [-0.1, -0.05) is 18.2 Å². The van der Waals surface area contributed by atoms with Gasteiger partial charge < -0.3 is 10.5 Å². The van der Waals surface area contributed by atoms with Crippen LogP contribution in [0.4, 0.5) is 13.2 Å². The van der Waals surface area contributed by atoms with Crippen LogP contribution in [0.5, 0.6) is 0 Å². The van der Waals surface area contributed by atoms with Gasteiger partial charge in [-0.25, -0.2) is 0 Å². The summed E-state index contributed by atoms with van der Waals surface area (Å²) in [4.78, 5) is 0. The van der Waals surface area contributed by atoms with Crippen molar-refractivity contribution >= 4 is 0 Å². The first-order chi connectivity index (χ1) is 7.50. The minimum Gasteiger partial charge on any atom is -0.372 e. The van der Waals surface area contributed by atoms with Gasteiger partial charge in [0, 0.05) is 13.2 Å². The number of nitrogens with two attached hydrogens (primary N) is 1. The van der Waals surface area contributed by atoms with E-state index in [1.165, 1.54) is 12.1 Å². The van der Waals surface area contributed by atoms with Gasteiger partial charge in [-0.3, -0.25) is 0 Å². The molecule has 90 valence electrons. The van der Waals surface area contributed by atoms with E-state index in [9.17, 15) is 13.2 Å². The summed E-state index contributed by atoms with van der Waals surface area (Å²) in [6.45, 7) is 2.08. The van der Waals surface area contributed by atoms with Gasteiger partial charge in [-0.2, -0.15) is 13.2 Å². The van der Waals surface area contributed by atoms with Crippen molar-refractivity contribution in [3.8, 4) is 0 Å². The highest BCUT2D eigenvalue weighted by Gasteiger charge is 2.34. The van der Waals surface area contributed by atoms with E-state index in [2.05, 4.69) is 0 Å². The first-order valence-electron chi connectivity index (χ1n) is 4.98. The topological polar surface area (TPSA) is 35.2 Å². The van der Waals surface area contributed by atoms with Crippen LogP contribution in [0, 0.1) is 0 Å². The lowest BCUT2D eigenvalue weighted by Crippen LogP contribution is -2.20. The van der Waals surface area contributed by atoms with Gasteiger partial charge in [-0.15, -0.1) is 0 Å². The van der Waals surface area contributed by atoms with Gasteiger partial charge in [-0.05, 0) is 18.6 Å². The summed E-state index contributed by atoms with van der Waals surface area (Å²) in [5.74, 6) is 0. The van der Waals surface area contributed by atoms with Crippen LogP contribution < -0.4 is 5.73 Å². The molecule has 0 heterocycles. The van der Waals surface area contributed by atoms with Gasteiger partial charge in [0.05, 0.1) is 11.7 Å². The summed E-state index contributed by atoms with van der Waals surface area (Å²) in [5.41, 5.74) is 4.83. The molecule has 1 atom stereocenters. The average molecular weight is 233 g/mol. The van der Waals surface area contributed by atoms with Crippen molar-refractivity contribution < 1.29 is 17.9 Å². The zero-order valence-electron chi connectivity index (χ0n) is 8.92. The number of rotatable bonds is 4. The zero-order valence-corrected chi connectivity index (χ0v) is 8.92. The van der Waals surface area contributed by atoms with E-state index in [-0.39, 0.29) is 12.1 Å². The Labute approximate surface area is 92.2 Å². The van der Waals surface area contributed by atoms with Gasteiger partial charge in [0.25, 0.3) is 0 Å². The van der Waals surface area contributed by atoms with Gasteiger partial charge in [0.2, 0.25) is 0 Å². The number of hydrogen-bond donors (Lipinski definition) is 1. The second-order valence-corrected chi connectivity index (χ2v) is 3.26. The van der Waals surface area contributed by atoms with E-state index in [4.69, 9.17) is 10.5 Å². The van der Waals surface area contributed by atoms with Crippen molar-refractivity contribution in [1.82, 2.24) is 0 Å². The SMILES string of the molecule is CCO[C@@H](CN)c1ccccc1C(F)(F)F. The molecule has 0 aliphatic heterocycles. The van der Waals surface area contributed by atoms with Crippen LogP contribution in [0.25, 0.3) is 0 Å². The summed E-state index contributed by atoms with van der Waals surface area (Å²) in [5, 5.41) is 0. The van der Waals surface area contributed by atoms with Gasteiger partial charge >= 0.3 is 6.18 Å². The largest absolute Gasteiger partial charge is 0.416 e. The summed E-state index contributed by atoms with van der Waals surface area (Å²) >= 11 is 0. The first-order valence-corrected chi connectivity index (χ1v) is 4.98. The summed E-state index contributed by atoms with van der Waals surface area (Å²) in [7, 11) is 0. The smallest absolute Gasteiger partial charge is 0.372 e. The van der Waals surface area contributed by atoms with Crippen molar-refractivity contribution in [3.05, 3.63) is 35.4 Å². The zero-order chi connectivity index (χ0) is 12.2. The van der Waals surface area contributed by atoms with Crippen LogP contribution in [-0.4, -0.2) is 13.2 Å². The van der Waals surface area contributed by atoms with Crippen molar-refractivity contribution in [3.63, 3.8) is 0 Å². The number of alkyl halides is 3. The quantitative estimate of drug-likeness (QED) is 0.867. The lowest BCUT2D eigenvalue weighted by atomic mass is 10.0. The first kappa shape index (κ1) is 13.0. The average Bonchev–Trinajstić information content (AvgIpc) is 2.25. The van der Waals surface area contributed by atoms with Crippen molar-refractivity contribution in [2.75, 3.05) is 13.2 Å².